The first-order chi connectivity index (χ1) is 8.51. The molecule has 18 heavy (non-hydrogen) atoms. The first-order valence-electron chi connectivity index (χ1n) is 6.32. The Morgan fingerprint density at radius 2 is 1.94 bits per heavy atom. The van der Waals surface area contributed by atoms with Gasteiger partial charge >= 0.3 is 0 Å². The Hall–Kier alpha value is -1.51. The lowest BCUT2D eigenvalue weighted by atomic mass is 9.94. The van der Waals surface area contributed by atoms with Crippen molar-refractivity contribution in [1.82, 2.24) is 0 Å². The molecule has 2 unspecified atom stereocenters. The molecule has 0 saturated heterocycles. The maximum Gasteiger partial charge on any atom is 0.221 e. The highest BCUT2D eigenvalue weighted by Gasteiger charge is 2.29. The van der Waals surface area contributed by atoms with Crippen LogP contribution < -0.4 is 0 Å². The number of Topliss-reactive ketones (excluding diaryl/α,β-unsaturated/α-hetero) is 2. The average Bonchev–Trinajstić information content (AvgIpc) is 2.43. The molecule has 0 amide bonds. The summed E-state index contributed by atoms with van der Waals surface area (Å²) in [7, 11) is 0. The fraction of sp³-hybridized carbons (Fsp3) is 0.467. The smallest absolute Gasteiger partial charge is 0.221 e. The standard InChI is InChI=1S/C15H19FO2/c1-4-10(3)14(17)13(16)15(18)12-8-6-7-11(5-2)9-12/h6-10,13H,4-5H2,1-3H3. The van der Waals surface area contributed by atoms with Crippen LogP contribution in [0.5, 0.6) is 0 Å². The van der Waals surface area contributed by atoms with Gasteiger partial charge in [0.2, 0.25) is 12.0 Å². The summed E-state index contributed by atoms with van der Waals surface area (Å²) in [5, 5.41) is 0. The number of aryl methyl sites for hydroxylation is 1. The number of ketones is 2. The predicted octanol–water partition coefficient (Wildman–Crippen LogP) is 3.39. The maximum atomic E-state index is 13.8. The van der Waals surface area contributed by atoms with E-state index in [9.17, 15) is 14.0 Å². The third kappa shape index (κ3) is 3.25. The molecular formula is C15H19FO2. The van der Waals surface area contributed by atoms with Crippen molar-refractivity contribution >= 4 is 11.6 Å². The van der Waals surface area contributed by atoms with Crippen LogP contribution in [0.1, 0.15) is 43.1 Å². The van der Waals surface area contributed by atoms with Gasteiger partial charge < -0.3 is 0 Å². The molecule has 2 nitrogen and oxygen atoms in total. The predicted molar refractivity (Wildman–Crippen MR) is 69.5 cm³/mol. The van der Waals surface area contributed by atoms with Crippen molar-refractivity contribution < 1.29 is 14.0 Å². The van der Waals surface area contributed by atoms with Gasteiger partial charge in [-0.25, -0.2) is 4.39 Å². The van der Waals surface area contributed by atoms with Crippen molar-refractivity contribution in [3.63, 3.8) is 0 Å². The molecule has 0 aliphatic heterocycles. The Morgan fingerprint density at radius 1 is 1.28 bits per heavy atom. The van der Waals surface area contributed by atoms with Crippen LogP contribution in [-0.2, 0) is 11.2 Å². The van der Waals surface area contributed by atoms with Crippen LogP contribution in [0.25, 0.3) is 0 Å². The summed E-state index contributed by atoms with van der Waals surface area (Å²) < 4.78 is 13.8. The minimum atomic E-state index is -2.04. The van der Waals surface area contributed by atoms with Crippen molar-refractivity contribution in [2.45, 2.75) is 39.8 Å². The van der Waals surface area contributed by atoms with Gasteiger partial charge in [0.1, 0.15) is 0 Å². The molecule has 0 saturated carbocycles. The van der Waals surface area contributed by atoms with Crippen LogP contribution in [0, 0.1) is 5.92 Å². The van der Waals surface area contributed by atoms with Crippen LogP contribution in [0.15, 0.2) is 24.3 Å². The summed E-state index contributed by atoms with van der Waals surface area (Å²) in [5.41, 5.74) is 1.24. The number of carbonyl (C=O) groups excluding carboxylic acids is 2. The molecule has 0 fully saturated rings. The molecule has 0 N–H and O–H groups in total. The molecular weight excluding hydrogens is 231 g/mol. The Kier molecular flexibility index (Phi) is 5.20. The monoisotopic (exact) mass is 250 g/mol. The van der Waals surface area contributed by atoms with Crippen LogP contribution >= 0.6 is 0 Å². The third-order valence-corrected chi connectivity index (χ3v) is 3.20. The van der Waals surface area contributed by atoms with Gasteiger partial charge in [0, 0.05) is 11.5 Å². The van der Waals surface area contributed by atoms with Gasteiger partial charge in [0.25, 0.3) is 0 Å². The van der Waals surface area contributed by atoms with E-state index in [2.05, 4.69) is 0 Å². The lowest BCUT2D eigenvalue weighted by Gasteiger charge is -2.11. The van der Waals surface area contributed by atoms with E-state index < -0.39 is 23.7 Å². The fourth-order valence-electron chi connectivity index (χ4n) is 1.67. The Labute approximate surface area is 107 Å². The van der Waals surface area contributed by atoms with Gasteiger partial charge in [-0.1, -0.05) is 39.0 Å². The fourth-order valence-corrected chi connectivity index (χ4v) is 1.67. The summed E-state index contributed by atoms with van der Waals surface area (Å²) in [6.07, 6.45) is -0.717. The van der Waals surface area contributed by atoms with E-state index >= 15 is 0 Å². The summed E-state index contributed by atoms with van der Waals surface area (Å²) in [6.45, 7) is 5.41. The van der Waals surface area contributed by atoms with Crippen molar-refractivity contribution in [2.24, 2.45) is 5.92 Å². The summed E-state index contributed by atoms with van der Waals surface area (Å²) in [4.78, 5) is 23.5. The molecule has 0 aliphatic carbocycles. The van der Waals surface area contributed by atoms with Crippen LogP contribution in [0.4, 0.5) is 4.39 Å². The van der Waals surface area contributed by atoms with Crippen molar-refractivity contribution in [3.05, 3.63) is 35.4 Å². The minimum absolute atomic E-state index is 0.276. The highest BCUT2D eigenvalue weighted by molar-refractivity contribution is 6.13. The summed E-state index contributed by atoms with van der Waals surface area (Å²) in [6, 6.07) is 6.80. The highest BCUT2D eigenvalue weighted by Crippen LogP contribution is 2.15. The van der Waals surface area contributed by atoms with Gasteiger partial charge in [0.15, 0.2) is 5.78 Å². The number of benzene rings is 1. The highest BCUT2D eigenvalue weighted by atomic mass is 19.1. The van der Waals surface area contributed by atoms with Crippen LogP contribution in [0.3, 0.4) is 0 Å². The Bertz CT molecular complexity index is 440. The van der Waals surface area contributed by atoms with Crippen LogP contribution in [-0.4, -0.2) is 17.7 Å². The van der Waals surface area contributed by atoms with Gasteiger partial charge in [-0.3, -0.25) is 9.59 Å². The third-order valence-electron chi connectivity index (χ3n) is 3.20. The summed E-state index contributed by atoms with van der Waals surface area (Å²) in [5.74, 6) is -1.77. The molecule has 1 aromatic rings. The Balaban J connectivity index is 2.89. The number of rotatable bonds is 6. The van der Waals surface area contributed by atoms with Gasteiger partial charge in [-0.2, -0.15) is 0 Å². The molecule has 2 atom stereocenters. The van der Waals surface area contributed by atoms with E-state index in [0.29, 0.717) is 6.42 Å². The van der Waals surface area contributed by atoms with Gasteiger partial charge in [-0.15, -0.1) is 0 Å². The van der Waals surface area contributed by atoms with E-state index in [1.54, 1.807) is 32.0 Å². The lowest BCUT2D eigenvalue weighted by Crippen LogP contribution is -2.30. The topological polar surface area (TPSA) is 34.1 Å². The van der Waals surface area contributed by atoms with Crippen molar-refractivity contribution in [1.29, 1.82) is 0 Å². The number of hydrogen-bond donors (Lipinski definition) is 0. The summed E-state index contributed by atoms with van der Waals surface area (Å²) >= 11 is 0. The molecule has 0 aliphatic rings. The molecule has 0 heterocycles. The van der Waals surface area contributed by atoms with E-state index in [1.807, 2.05) is 13.0 Å². The zero-order valence-corrected chi connectivity index (χ0v) is 11.1. The second-order valence-corrected chi connectivity index (χ2v) is 4.49. The van der Waals surface area contributed by atoms with E-state index in [0.717, 1.165) is 12.0 Å². The minimum Gasteiger partial charge on any atom is -0.296 e. The molecule has 0 spiro atoms. The van der Waals surface area contributed by atoms with E-state index in [1.165, 1.54) is 0 Å². The molecule has 1 rings (SSSR count). The molecule has 0 bridgehead atoms. The van der Waals surface area contributed by atoms with E-state index in [4.69, 9.17) is 0 Å². The first-order valence-corrected chi connectivity index (χ1v) is 6.32. The molecule has 1 aromatic carbocycles. The van der Waals surface area contributed by atoms with Gasteiger partial charge in [0.05, 0.1) is 0 Å². The first kappa shape index (κ1) is 14.6. The van der Waals surface area contributed by atoms with Gasteiger partial charge in [-0.05, 0) is 24.5 Å². The van der Waals surface area contributed by atoms with E-state index in [-0.39, 0.29) is 5.56 Å². The quantitative estimate of drug-likeness (QED) is 0.573. The van der Waals surface area contributed by atoms with Crippen molar-refractivity contribution in [2.75, 3.05) is 0 Å². The largest absolute Gasteiger partial charge is 0.296 e. The number of alkyl halides is 1. The number of hydrogen-bond acceptors (Lipinski definition) is 2. The average molecular weight is 250 g/mol. The Morgan fingerprint density at radius 3 is 2.50 bits per heavy atom. The second-order valence-electron chi connectivity index (χ2n) is 4.49. The zero-order valence-electron chi connectivity index (χ0n) is 11.1. The van der Waals surface area contributed by atoms with Crippen LogP contribution in [0.2, 0.25) is 0 Å². The molecule has 3 heteroatoms. The SMILES string of the molecule is CCc1cccc(C(=O)C(F)C(=O)C(C)CC)c1. The van der Waals surface area contributed by atoms with Crippen molar-refractivity contribution in [3.8, 4) is 0 Å². The normalized spacial score (nSPS) is 14.0. The second kappa shape index (κ2) is 6.43. The molecule has 98 valence electrons. The maximum absolute atomic E-state index is 13.8. The number of halogens is 1. The molecule has 0 aromatic heterocycles. The zero-order chi connectivity index (χ0) is 13.7. The lowest BCUT2D eigenvalue weighted by molar-refractivity contribution is -0.125. The number of carbonyl (C=O) groups is 2. The molecule has 0 radical (unpaired) electrons.